The Balaban J connectivity index is 1.76. The minimum atomic E-state index is -0.619. The van der Waals surface area contributed by atoms with Crippen molar-refractivity contribution in [3.63, 3.8) is 0 Å². The first kappa shape index (κ1) is 17.0. The number of hydrogen-bond donors (Lipinski definition) is 0. The van der Waals surface area contributed by atoms with Crippen LogP contribution >= 0.6 is 0 Å². The topological polar surface area (TPSA) is 81.9 Å². The quantitative estimate of drug-likeness (QED) is 0.598. The smallest absolute Gasteiger partial charge is 0.228 e. The van der Waals surface area contributed by atoms with Gasteiger partial charge < -0.3 is 9.47 Å². The van der Waals surface area contributed by atoms with Crippen LogP contribution in [0, 0.1) is 22.0 Å². The molecule has 1 amide bonds. The molecule has 2 fully saturated rings. The van der Waals surface area contributed by atoms with Gasteiger partial charge in [0.2, 0.25) is 12.5 Å². The van der Waals surface area contributed by atoms with Gasteiger partial charge >= 0.3 is 0 Å². The van der Waals surface area contributed by atoms with Crippen molar-refractivity contribution >= 4 is 11.6 Å². The van der Waals surface area contributed by atoms with Crippen molar-refractivity contribution in [1.82, 2.24) is 0 Å². The summed E-state index contributed by atoms with van der Waals surface area (Å²) in [6.07, 6.45) is 1.71. The molecule has 144 valence electrons. The summed E-state index contributed by atoms with van der Waals surface area (Å²) in [6.45, 7) is -0.110. The van der Waals surface area contributed by atoms with Crippen LogP contribution in [0.25, 0.3) is 0 Å². The molecule has 3 atom stereocenters. The van der Waals surface area contributed by atoms with Gasteiger partial charge in [-0.05, 0) is 37.1 Å². The summed E-state index contributed by atoms with van der Waals surface area (Å²) in [5, 5.41) is 11.2. The Bertz CT molecular complexity index is 991. The van der Waals surface area contributed by atoms with Gasteiger partial charge in [-0.25, -0.2) is 0 Å². The maximum Gasteiger partial charge on any atom is 0.228 e. The van der Waals surface area contributed by atoms with E-state index in [1.807, 2.05) is 47.4 Å². The second-order valence-electron chi connectivity index (χ2n) is 7.71. The Kier molecular flexibility index (Phi) is 3.62. The Morgan fingerprint density at radius 1 is 1.29 bits per heavy atom. The third-order valence-corrected chi connectivity index (χ3v) is 6.49. The maximum absolute atomic E-state index is 13.2. The highest BCUT2D eigenvalue weighted by molar-refractivity contribution is 6.00. The number of rotatable bonds is 3. The van der Waals surface area contributed by atoms with Gasteiger partial charge in [0, 0.05) is 34.8 Å². The molecule has 0 bridgehead atoms. The molecule has 2 aliphatic heterocycles. The van der Waals surface area contributed by atoms with Gasteiger partial charge in [0.05, 0.1) is 18.3 Å². The fourth-order valence-corrected chi connectivity index (χ4v) is 5.43. The highest BCUT2D eigenvalue weighted by atomic mass is 16.6. The molecule has 2 aromatic rings. The first-order valence-corrected chi connectivity index (χ1v) is 9.45. The average molecular weight is 380 g/mol. The van der Waals surface area contributed by atoms with E-state index in [0.29, 0.717) is 36.5 Å². The predicted octanol–water partition coefficient (Wildman–Crippen LogP) is 3.74. The molecular formula is C21H20N2O5. The van der Waals surface area contributed by atoms with Gasteiger partial charge in [0.15, 0.2) is 5.75 Å². The van der Waals surface area contributed by atoms with E-state index in [0.717, 1.165) is 11.3 Å². The van der Waals surface area contributed by atoms with E-state index in [1.165, 1.54) is 0 Å². The van der Waals surface area contributed by atoms with Crippen molar-refractivity contribution in [1.29, 1.82) is 0 Å². The standard InChI is InChI=1S/C21H20N2O5/c1-27-14-6-7-15-19(10-14)28-18-5-3-2-4-17(18)23-20(24)11-16-13(12-22(25)26)8-9-21(15,16)23/h2-7,10,13,16H,8-9,11-12H2,1H3/t13-,16?,21?/m0/s1. The average Bonchev–Trinajstić information content (AvgIpc) is 3.11. The van der Waals surface area contributed by atoms with Crippen LogP contribution in [0.4, 0.5) is 5.69 Å². The lowest BCUT2D eigenvalue weighted by molar-refractivity contribution is -0.489. The minimum absolute atomic E-state index is 0.00207. The lowest BCUT2D eigenvalue weighted by Gasteiger charge is -2.38. The van der Waals surface area contributed by atoms with Gasteiger partial charge in [-0.15, -0.1) is 0 Å². The van der Waals surface area contributed by atoms with E-state index in [4.69, 9.17) is 9.47 Å². The van der Waals surface area contributed by atoms with E-state index < -0.39 is 5.54 Å². The van der Waals surface area contributed by atoms with Crippen LogP contribution in [0.5, 0.6) is 17.2 Å². The zero-order chi connectivity index (χ0) is 19.5. The normalized spacial score (nSPS) is 27.2. The third-order valence-electron chi connectivity index (χ3n) is 6.49. The summed E-state index contributed by atoms with van der Waals surface area (Å²) in [7, 11) is 1.60. The fraction of sp³-hybridized carbons (Fsp3) is 0.381. The first-order chi connectivity index (χ1) is 13.5. The number of carbonyl (C=O) groups is 1. The number of nitrogens with zero attached hydrogens (tertiary/aromatic N) is 2. The van der Waals surface area contributed by atoms with Crippen LogP contribution < -0.4 is 14.4 Å². The molecule has 2 unspecified atom stereocenters. The minimum Gasteiger partial charge on any atom is -0.497 e. The van der Waals surface area contributed by atoms with Crippen LogP contribution in [0.2, 0.25) is 0 Å². The summed E-state index contributed by atoms with van der Waals surface area (Å²) in [4.78, 5) is 26.0. The monoisotopic (exact) mass is 380 g/mol. The van der Waals surface area contributed by atoms with Gasteiger partial charge in [-0.1, -0.05) is 12.1 Å². The second-order valence-corrected chi connectivity index (χ2v) is 7.71. The molecule has 7 heteroatoms. The number of hydrogen-bond acceptors (Lipinski definition) is 5. The molecule has 1 saturated heterocycles. The molecule has 1 aliphatic carbocycles. The van der Waals surface area contributed by atoms with E-state index in [2.05, 4.69) is 0 Å². The molecule has 28 heavy (non-hydrogen) atoms. The van der Waals surface area contributed by atoms with Gasteiger partial charge in [-0.3, -0.25) is 19.8 Å². The fourth-order valence-electron chi connectivity index (χ4n) is 5.43. The van der Waals surface area contributed by atoms with Crippen molar-refractivity contribution in [2.24, 2.45) is 11.8 Å². The number of para-hydroxylation sites is 2. The Hall–Kier alpha value is -3.09. The molecule has 7 nitrogen and oxygen atoms in total. The summed E-state index contributed by atoms with van der Waals surface area (Å²) in [6, 6.07) is 13.2. The number of methoxy groups -OCH3 is 1. The maximum atomic E-state index is 13.2. The lowest BCUT2D eigenvalue weighted by atomic mass is 9.78. The molecular weight excluding hydrogens is 360 g/mol. The Morgan fingerprint density at radius 2 is 2.11 bits per heavy atom. The van der Waals surface area contributed by atoms with Crippen LogP contribution in [-0.2, 0) is 10.3 Å². The third kappa shape index (κ3) is 2.19. The molecule has 0 N–H and O–H groups in total. The highest BCUT2D eigenvalue weighted by Gasteiger charge is 2.63. The van der Waals surface area contributed by atoms with E-state index in [1.54, 1.807) is 7.11 Å². The largest absolute Gasteiger partial charge is 0.497 e. The molecule has 2 heterocycles. The SMILES string of the molecule is COc1ccc2c(c1)Oc1ccccc1N1C(=O)CC3[C@H](C[N+](=O)[O-])CCC231. The summed E-state index contributed by atoms with van der Waals surface area (Å²) in [5.41, 5.74) is 1.02. The number of anilines is 1. The number of ether oxygens (including phenoxy) is 2. The van der Waals surface area contributed by atoms with E-state index in [9.17, 15) is 14.9 Å². The number of carbonyl (C=O) groups excluding carboxylic acids is 1. The van der Waals surface area contributed by atoms with E-state index >= 15 is 0 Å². The van der Waals surface area contributed by atoms with Crippen molar-refractivity contribution in [3.8, 4) is 17.2 Å². The van der Waals surface area contributed by atoms with Gasteiger partial charge in [0.1, 0.15) is 11.5 Å². The number of nitro groups is 1. The molecule has 1 spiro atoms. The van der Waals surface area contributed by atoms with Crippen LogP contribution in [0.15, 0.2) is 42.5 Å². The summed E-state index contributed by atoms with van der Waals surface area (Å²) < 4.78 is 11.6. The number of amides is 1. The van der Waals surface area contributed by atoms with Crippen LogP contribution in [-0.4, -0.2) is 24.5 Å². The number of fused-ring (bicyclic) bond motifs is 3. The lowest BCUT2D eigenvalue weighted by Crippen LogP contribution is -2.45. The summed E-state index contributed by atoms with van der Waals surface area (Å²) in [5.74, 6) is 1.67. The Morgan fingerprint density at radius 3 is 2.89 bits per heavy atom. The molecule has 0 radical (unpaired) electrons. The first-order valence-electron chi connectivity index (χ1n) is 9.45. The van der Waals surface area contributed by atoms with Gasteiger partial charge in [0.25, 0.3) is 0 Å². The number of benzene rings is 2. The summed E-state index contributed by atoms with van der Waals surface area (Å²) >= 11 is 0. The van der Waals surface area contributed by atoms with Gasteiger partial charge in [-0.2, -0.15) is 0 Å². The molecule has 0 aromatic heterocycles. The predicted molar refractivity (Wildman–Crippen MR) is 101 cm³/mol. The molecule has 5 rings (SSSR count). The zero-order valence-corrected chi connectivity index (χ0v) is 15.5. The molecule has 1 saturated carbocycles. The van der Waals surface area contributed by atoms with Crippen molar-refractivity contribution < 1.29 is 19.2 Å². The van der Waals surface area contributed by atoms with Crippen LogP contribution in [0.1, 0.15) is 24.8 Å². The van der Waals surface area contributed by atoms with Crippen molar-refractivity contribution in [2.75, 3.05) is 18.6 Å². The molecule has 2 aromatic carbocycles. The van der Waals surface area contributed by atoms with Crippen molar-refractivity contribution in [3.05, 3.63) is 58.1 Å². The van der Waals surface area contributed by atoms with E-state index in [-0.39, 0.29) is 29.2 Å². The van der Waals surface area contributed by atoms with Crippen LogP contribution in [0.3, 0.4) is 0 Å². The second kappa shape index (κ2) is 5.95. The van der Waals surface area contributed by atoms with Crippen molar-refractivity contribution in [2.45, 2.75) is 24.8 Å². The zero-order valence-electron chi connectivity index (χ0n) is 15.5. The molecule has 3 aliphatic rings. The highest BCUT2D eigenvalue weighted by Crippen LogP contribution is 2.62. The Labute approximate surface area is 162 Å².